The van der Waals surface area contributed by atoms with Gasteiger partial charge in [0, 0.05) is 5.56 Å². The molecule has 1 aliphatic heterocycles. The van der Waals surface area contributed by atoms with E-state index in [0.717, 1.165) is 11.1 Å². The van der Waals surface area contributed by atoms with Crippen molar-refractivity contribution in [2.45, 2.75) is 13.8 Å². The first-order valence-corrected chi connectivity index (χ1v) is 6.27. The number of carboxylic acid groups (broad SMARTS) is 1. The molecule has 2 aromatic rings. The Labute approximate surface area is 115 Å². The van der Waals surface area contributed by atoms with Crippen molar-refractivity contribution in [1.82, 2.24) is 9.97 Å². The number of H-pyrrole nitrogens is 1. The van der Waals surface area contributed by atoms with Crippen LogP contribution >= 0.6 is 0 Å². The summed E-state index contributed by atoms with van der Waals surface area (Å²) in [7, 11) is 0. The molecule has 0 spiro atoms. The number of hydrogen-bond donors (Lipinski definition) is 2. The molecule has 104 valence electrons. The molecule has 0 saturated heterocycles. The number of hydrogen-bond acceptors (Lipinski definition) is 4. The number of carboxylic acids is 1. The van der Waals surface area contributed by atoms with Gasteiger partial charge in [-0.15, -0.1) is 0 Å². The van der Waals surface area contributed by atoms with Crippen molar-refractivity contribution in [3.8, 4) is 22.8 Å². The number of fused-ring (bicyclic) bond motifs is 1. The van der Waals surface area contributed by atoms with Crippen LogP contribution in [0.1, 0.15) is 21.9 Å². The summed E-state index contributed by atoms with van der Waals surface area (Å²) >= 11 is 0. The third kappa shape index (κ3) is 1.99. The van der Waals surface area contributed by atoms with Gasteiger partial charge in [0.15, 0.2) is 17.2 Å². The molecule has 1 aliphatic rings. The molecule has 0 amide bonds. The third-order valence-corrected chi connectivity index (χ3v) is 3.18. The second kappa shape index (κ2) is 4.56. The van der Waals surface area contributed by atoms with Crippen LogP contribution < -0.4 is 9.47 Å². The summed E-state index contributed by atoms with van der Waals surface area (Å²) in [4.78, 5) is 18.3. The number of imidazole rings is 1. The normalized spacial score (nSPS) is 13.3. The Kier molecular flexibility index (Phi) is 2.85. The van der Waals surface area contributed by atoms with E-state index < -0.39 is 5.97 Å². The van der Waals surface area contributed by atoms with E-state index >= 15 is 0 Å². The molecule has 0 radical (unpaired) electrons. The molecule has 6 heteroatoms. The summed E-state index contributed by atoms with van der Waals surface area (Å²) in [6.07, 6.45) is 0. The van der Waals surface area contributed by atoms with Gasteiger partial charge in [-0.25, -0.2) is 9.78 Å². The van der Waals surface area contributed by atoms with Crippen molar-refractivity contribution < 1.29 is 19.4 Å². The molecule has 2 N–H and O–H groups in total. The number of aryl methyl sites for hydroxylation is 2. The SMILES string of the molecule is Cc1nc(-c2cc3c(cc2C)OCCO3)c(C(=O)O)[nH]1. The summed E-state index contributed by atoms with van der Waals surface area (Å²) in [6, 6.07) is 3.63. The molecule has 1 aromatic heterocycles. The molecule has 6 nitrogen and oxygen atoms in total. The van der Waals surface area contributed by atoms with Gasteiger partial charge in [0.25, 0.3) is 0 Å². The van der Waals surface area contributed by atoms with Gasteiger partial charge >= 0.3 is 5.97 Å². The van der Waals surface area contributed by atoms with Gasteiger partial charge in [0.2, 0.25) is 0 Å². The van der Waals surface area contributed by atoms with Gasteiger partial charge in [-0.05, 0) is 31.5 Å². The highest BCUT2D eigenvalue weighted by Gasteiger charge is 2.21. The summed E-state index contributed by atoms with van der Waals surface area (Å²) in [5.41, 5.74) is 2.13. The molecule has 20 heavy (non-hydrogen) atoms. The molecule has 0 aliphatic carbocycles. The zero-order valence-electron chi connectivity index (χ0n) is 11.2. The third-order valence-electron chi connectivity index (χ3n) is 3.18. The fourth-order valence-electron chi connectivity index (χ4n) is 2.29. The lowest BCUT2D eigenvalue weighted by molar-refractivity contribution is 0.0692. The Morgan fingerprint density at radius 2 is 1.90 bits per heavy atom. The van der Waals surface area contributed by atoms with Crippen LogP contribution in [0, 0.1) is 13.8 Å². The van der Waals surface area contributed by atoms with Crippen molar-refractivity contribution in [3.63, 3.8) is 0 Å². The smallest absolute Gasteiger partial charge is 0.354 e. The Hall–Kier alpha value is -2.50. The van der Waals surface area contributed by atoms with Gasteiger partial charge < -0.3 is 19.6 Å². The minimum absolute atomic E-state index is 0.0854. The number of rotatable bonds is 2. The van der Waals surface area contributed by atoms with E-state index in [9.17, 15) is 9.90 Å². The van der Waals surface area contributed by atoms with Crippen LogP contribution in [0.4, 0.5) is 0 Å². The van der Waals surface area contributed by atoms with Gasteiger partial charge in [0.1, 0.15) is 24.7 Å². The number of aromatic carboxylic acids is 1. The monoisotopic (exact) mass is 274 g/mol. The van der Waals surface area contributed by atoms with Gasteiger partial charge in [-0.3, -0.25) is 0 Å². The summed E-state index contributed by atoms with van der Waals surface area (Å²) in [6.45, 7) is 4.63. The lowest BCUT2D eigenvalue weighted by Gasteiger charge is -2.20. The minimum atomic E-state index is -1.03. The van der Waals surface area contributed by atoms with E-state index in [1.807, 2.05) is 13.0 Å². The Balaban J connectivity index is 2.17. The zero-order valence-corrected chi connectivity index (χ0v) is 11.2. The topological polar surface area (TPSA) is 84.4 Å². The quantitative estimate of drug-likeness (QED) is 0.876. The molecule has 1 aromatic carbocycles. The average Bonchev–Trinajstić information content (AvgIpc) is 2.80. The first kappa shape index (κ1) is 12.5. The molecule has 0 fully saturated rings. The van der Waals surface area contributed by atoms with Crippen LogP contribution in [0.5, 0.6) is 11.5 Å². The van der Waals surface area contributed by atoms with Gasteiger partial charge in [-0.1, -0.05) is 0 Å². The largest absolute Gasteiger partial charge is 0.486 e. The lowest BCUT2D eigenvalue weighted by Crippen LogP contribution is -2.15. The van der Waals surface area contributed by atoms with Crippen LogP contribution in [0.15, 0.2) is 12.1 Å². The predicted octanol–water partition coefficient (Wildman–Crippen LogP) is 2.16. The summed E-state index contributed by atoms with van der Waals surface area (Å²) < 4.78 is 11.0. The highest BCUT2D eigenvalue weighted by Crippen LogP contribution is 2.37. The van der Waals surface area contributed by atoms with E-state index in [4.69, 9.17) is 9.47 Å². The molecule has 0 bridgehead atoms. The van der Waals surface area contributed by atoms with Crippen LogP contribution in [0.3, 0.4) is 0 Å². The molecule has 0 saturated carbocycles. The van der Waals surface area contributed by atoms with Crippen LogP contribution in [-0.4, -0.2) is 34.3 Å². The number of benzene rings is 1. The number of nitrogens with one attached hydrogen (secondary N) is 1. The Bertz CT molecular complexity index is 691. The van der Waals surface area contributed by atoms with Crippen molar-refractivity contribution >= 4 is 5.97 Å². The van der Waals surface area contributed by atoms with Crippen molar-refractivity contribution in [2.75, 3.05) is 13.2 Å². The zero-order chi connectivity index (χ0) is 14.3. The first-order valence-electron chi connectivity index (χ1n) is 6.27. The van der Waals surface area contributed by atoms with Crippen molar-refractivity contribution in [1.29, 1.82) is 0 Å². The van der Waals surface area contributed by atoms with E-state index in [1.165, 1.54) is 0 Å². The minimum Gasteiger partial charge on any atom is -0.486 e. The van der Waals surface area contributed by atoms with Crippen LogP contribution in [0.2, 0.25) is 0 Å². The number of aromatic nitrogens is 2. The average molecular weight is 274 g/mol. The maximum absolute atomic E-state index is 11.3. The molecule has 3 rings (SSSR count). The Morgan fingerprint density at radius 3 is 2.55 bits per heavy atom. The number of nitrogens with zero attached hydrogens (tertiary/aromatic N) is 1. The highest BCUT2D eigenvalue weighted by atomic mass is 16.6. The van der Waals surface area contributed by atoms with Gasteiger partial charge in [-0.2, -0.15) is 0 Å². The van der Waals surface area contributed by atoms with E-state index in [-0.39, 0.29) is 5.69 Å². The van der Waals surface area contributed by atoms with Crippen molar-refractivity contribution in [2.24, 2.45) is 0 Å². The molecule has 2 heterocycles. The number of aromatic amines is 1. The van der Waals surface area contributed by atoms with Crippen molar-refractivity contribution in [3.05, 3.63) is 29.2 Å². The van der Waals surface area contributed by atoms with E-state index in [0.29, 0.717) is 36.2 Å². The van der Waals surface area contributed by atoms with Crippen LogP contribution in [-0.2, 0) is 0 Å². The Morgan fingerprint density at radius 1 is 1.25 bits per heavy atom. The maximum atomic E-state index is 11.3. The first-order chi connectivity index (χ1) is 9.56. The fourth-order valence-corrected chi connectivity index (χ4v) is 2.29. The molecular formula is C14H14N2O4. The van der Waals surface area contributed by atoms with Gasteiger partial charge in [0.05, 0.1) is 0 Å². The number of carbonyl (C=O) groups is 1. The van der Waals surface area contributed by atoms with E-state index in [2.05, 4.69) is 9.97 Å². The second-order valence-corrected chi connectivity index (χ2v) is 4.66. The molecular weight excluding hydrogens is 260 g/mol. The highest BCUT2D eigenvalue weighted by molar-refractivity contribution is 5.93. The van der Waals surface area contributed by atoms with E-state index in [1.54, 1.807) is 13.0 Å². The molecule has 0 unspecified atom stereocenters. The standard InChI is InChI=1S/C14H14N2O4/c1-7-5-10-11(20-4-3-19-10)6-9(7)12-13(14(17)18)16-8(2)15-12/h5-6H,3-4H2,1-2H3,(H,15,16)(H,17,18). The fraction of sp³-hybridized carbons (Fsp3) is 0.286. The predicted molar refractivity (Wildman–Crippen MR) is 71.4 cm³/mol. The lowest BCUT2D eigenvalue weighted by atomic mass is 10.0. The second-order valence-electron chi connectivity index (χ2n) is 4.66. The summed E-state index contributed by atoms with van der Waals surface area (Å²) in [5.74, 6) is 0.831. The summed E-state index contributed by atoms with van der Waals surface area (Å²) in [5, 5.41) is 9.24. The molecule has 0 atom stereocenters. The number of ether oxygens (including phenoxy) is 2. The van der Waals surface area contributed by atoms with Crippen LogP contribution in [0.25, 0.3) is 11.3 Å². The maximum Gasteiger partial charge on any atom is 0.354 e.